The first-order valence-electron chi connectivity index (χ1n) is 9.62. The Morgan fingerprint density at radius 1 is 1.10 bits per heavy atom. The van der Waals surface area contributed by atoms with Crippen LogP contribution in [0.25, 0.3) is 10.2 Å². The van der Waals surface area contributed by atoms with E-state index in [9.17, 15) is 14.0 Å². The van der Waals surface area contributed by atoms with Gasteiger partial charge >= 0.3 is 11.8 Å². The summed E-state index contributed by atoms with van der Waals surface area (Å²) in [4.78, 5) is 31.2. The quantitative estimate of drug-likeness (QED) is 0.611. The molecule has 0 aliphatic carbocycles. The molecule has 0 radical (unpaired) electrons. The Bertz CT molecular complexity index is 1000. The van der Waals surface area contributed by atoms with E-state index in [1.807, 2.05) is 24.3 Å². The lowest BCUT2D eigenvalue weighted by atomic mass is 10.0. The summed E-state index contributed by atoms with van der Waals surface area (Å²) in [7, 11) is 0. The number of carbonyl (C=O) groups is 2. The zero-order chi connectivity index (χ0) is 20.9. The van der Waals surface area contributed by atoms with Gasteiger partial charge in [-0.1, -0.05) is 35.6 Å². The monoisotopic (exact) mass is 428 g/mol. The molecule has 9 heteroatoms. The van der Waals surface area contributed by atoms with E-state index in [-0.39, 0.29) is 18.4 Å². The van der Waals surface area contributed by atoms with Crippen LogP contribution in [0.4, 0.5) is 9.52 Å². The normalized spacial score (nSPS) is 15.6. The molecule has 3 aromatic rings. The molecule has 0 spiro atoms. The van der Waals surface area contributed by atoms with Gasteiger partial charge in [0.25, 0.3) is 0 Å². The van der Waals surface area contributed by atoms with Crippen LogP contribution in [0.2, 0.25) is 0 Å². The Hall–Kier alpha value is -2.88. The Morgan fingerprint density at radius 2 is 1.83 bits per heavy atom. The average molecular weight is 428 g/mol. The average Bonchev–Trinajstić information content (AvgIpc) is 3.18. The summed E-state index contributed by atoms with van der Waals surface area (Å²) in [6.07, 6.45) is 0. The second kappa shape index (κ2) is 9.29. The standard InChI is InChI=1S/C21H21FN4O3S/c22-15-7-5-14(6-8-15)17(26-9-11-29-12-10-26)13-23-19(27)20(28)25-21-24-16-3-1-2-4-18(16)30-21/h1-8,17H,9-13H2,(H,23,27)(H,24,25,28)/t17-/m0/s1. The molecule has 1 atom stereocenters. The predicted octanol–water partition coefficient (Wildman–Crippen LogP) is 2.56. The van der Waals surface area contributed by atoms with Crippen LogP contribution in [0.5, 0.6) is 0 Å². The van der Waals surface area contributed by atoms with Gasteiger partial charge in [-0.3, -0.25) is 19.8 Å². The number of para-hydroxylation sites is 1. The number of anilines is 1. The number of nitrogens with one attached hydrogen (secondary N) is 2. The number of carbonyl (C=O) groups excluding carboxylic acids is 2. The van der Waals surface area contributed by atoms with Crippen molar-refractivity contribution >= 4 is 38.5 Å². The third kappa shape index (κ3) is 4.81. The smallest absolute Gasteiger partial charge is 0.315 e. The Kier molecular flexibility index (Phi) is 6.32. The summed E-state index contributed by atoms with van der Waals surface area (Å²) < 4.78 is 19.7. The van der Waals surface area contributed by atoms with E-state index in [1.54, 1.807) is 12.1 Å². The number of rotatable bonds is 5. The number of benzene rings is 2. The van der Waals surface area contributed by atoms with E-state index in [4.69, 9.17) is 4.74 Å². The summed E-state index contributed by atoms with van der Waals surface area (Å²) in [5.74, 6) is -1.83. The summed E-state index contributed by atoms with van der Waals surface area (Å²) in [5.41, 5.74) is 1.63. The zero-order valence-electron chi connectivity index (χ0n) is 16.1. The van der Waals surface area contributed by atoms with Gasteiger partial charge in [0, 0.05) is 19.6 Å². The molecule has 4 rings (SSSR count). The highest BCUT2D eigenvalue weighted by Gasteiger charge is 2.25. The van der Waals surface area contributed by atoms with E-state index in [0.717, 1.165) is 15.8 Å². The fourth-order valence-corrected chi connectivity index (χ4v) is 4.24. The third-order valence-electron chi connectivity index (χ3n) is 4.92. The van der Waals surface area contributed by atoms with Gasteiger partial charge in [0.05, 0.1) is 29.5 Å². The molecule has 2 heterocycles. The molecule has 2 amide bonds. The number of fused-ring (bicyclic) bond motifs is 1. The summed E-state index contributed by atoms with van der Waals surface area (Å²) >= 11 is 1.31. The molecular formula is C21H21FN4O3S. The van der Waals surface area contributed by atoms with Crippen molar-refractivity contribution in [2.45, 2.75) is 6.04 Å². The van der Waals surface area contributed by atoms with E-state index in [0.29, 0.717) is 31.4 Å². The maximum atomic E-state index is 13.3. The second-order valence-corrected chi connectivity index (χ2v) is 7.90. The van der Waals surface area contributed by atoms with Crippen molar-refractivity contribution in [3.05, 3.63) is 59.9 Å². The van der Waals surface area contributed by atoms with Crippen LogP contribution in [-0.4, -0.2) is 54.5 Å². The summed E-state index contributed by atoms with van der Waals surface area (Å²) in [6.45, 7) is 2.77. The first-order valence-corrected chi connectivity index (χ1v) is 10.4. The number of thiazole rings is 1. The van der Waals surface area contributed by atoms with Crippen molar-refractivity contribution in [1.82, 2.24) is 15.2 Å². The van der Waals surface area contributed by atoms with Crippen molar-refractivity contribution in [2.24, 2.45) is 0 Å². The lowest BCUT2D eigenvalue weighted by Gasteiger charge is -2.34. The maximum absolute atomic E-state index is 13.3. The number of morpholine rings is 1. The van der Waals surface area contributed by atoms with E-state index >= 15 is 0 Å². The molecule has 0 bridgehead atoms. The number of amides is 2. The highest BCUT2D eigenvalue weighted by Crippen LogP contribution is 2.25. The molecule has 1 aliphatic rings. The lowest BCUT2D eigenvalue weighted by Crippen LogP contribution is -2.45. The van der Waals surface area contributed by atoms with E-state index < -0.39 is 11.8 Å². The highest BCUT2D eigenvalue weighted by atomic mass is 32.1. The molecule has 1 aromatic heterocycles. The van der Waals surface area contributed by atoms with Crippen molar-refractivity contribution in [3.63, 3.8) is 0 Å². The number of nitrogens with zero attached hydrogens (tertiary/aromatic N) is 2. The van der Waals surface area contributed by atoms with Crippen LogP contribution >= 0.6 is 11.3 Å². The van der Waals surface area contributed by atoms with Crippen LogP contribution in [0.15, 0.2) is 48.5 Å². The van der Waals surface area contributed by atoms with E-state index in [1.165, 1.54) is 23.5 Å². The molecule has 30 heavy (non-hydrogen) atoms. The van der Waals surface area contributed by atoms with Crippen LogP contribution < -0.4 is 10.6 Å². The van der Waals surface area contributed by atoms with Crippen molar-refractivity contribution < 1.29 is 18.7 Å². The Morgan fingerprint density at radius 3 is 2.57 bits per heavy atom. The number of hydrogen-bond donors (Lipinski definition) is 2. The first kappa shape index (κ1) is 20.4. The Balaban J connectivity index is 1.40. The minimum Gasteiger partial charge on any atom is -0.379 e. The third-order valence-corrected chi connectivity index (χ3v) is 5.87. The van der Waals surface area contributed by atoms with Crippen molar-refractivity contribution in [1.29, 1.82) is 0 Å². The van der Waals surface area contributed by atoms with Crippen LogP contribution in [0.1, 0.15) is 11.6 Å². The molecule has 0 unspecified atom stereocenters. The largest absolute Gasteiger partial charge is 0.379 e. The maximum Gasteiger partial charge on any atom is 0.315 e. The van der Waals surface area contributed by atoms with Crippen molar-refractivity contribution in [3.8, 4) is 0 Å². The van der Waals surface area contributed by atoms with Gasteiger partial charge in [-0.15, -0.1) is 0 Å². The lowest BCUT2D eigenvalue weighted by molar-refractivity contribution is -0.136. The molecule has 156 valence electrons. The number of ether oxygens (including phenoxy) is 1. The van der Waals surface area contributed by atoms with Crippen LogP contribution in [-0.2, 0) is 14.3 Å². The fraction of sp³-hybridized carbons (Fsp3) is 0.286. The highest BCUT2D eigenvalue weighted by molar-refractivity contribution is 7.22. The number of halogens is 1. The molecule has 1 fully saturated rings. The first-order chi connectivity index (χ1) is 14.6. The van der Waals surface area contributed by atoms with Gasteiger partial charge in [-0.2, -0.15) is 0 Å². The topological polar surface area (TPSA) is 83.6 Å². The molecular weight excluding hydrogens is 407 g/mol. The molecule has 2 N–H and O–H groups in total. The predicted molar refractivity (Wildman–Crippen MR) is 113 cm³/mol. The summed E-state index contributed by atoms with van der Waals surface area (Å²) in [6, 6.07) is 13.5. The van der Waals surface area contributed by atoms with Crippen LogP contribution in [0, 0.1) is 5.82 Å². The summed E-state index contributed by atoms with van der Waals surface area (Å²) in [5, 5.41) is 5.63. The molecule has 1 aliphatic heterocycles. The zero-order valence-corrected chi connectivity index (χ0v) is 17.0. The minimum atomic E-state index is -0.770. The van der Waals surface area contributed by atoms with Gasteiger partial charge in [-0.25, -0.2) is 9.37 Å². The van der Waals surface area contributed by atoms with Gasteiger partial charge in [0.15, 0.2) is 5.13 Å². The number of aromatic nitrogens is 1. The van der Waals surface area contributed by atoms with Gasteiger partial charge in [0.1, 0.15) is 5.82 Å². The van der Waals surface area contributed by atoms with Crippen LogP contribution in [0.3, 0.4) is 0 Å². The molecule has 2 aromatic carbocycles. The molecule has 0 saturated carbocycles. The van der Waals surface area contributed by atoms with Gasteiger partial charge in [-0.05, 0) is 29.8 Å². The van der Waals surface area contributed by atoms with Crippen molar-refractivity contribution in [2.75, 3.05) is 38.2 Å². The number of hydrogen-bond acceptors (Lipinski definition) is 6. The van der Waals surface area contributed by atoms with Gasteiger partial charge < -0.3 is 10.1 Å². The molecule has 7 nitrogen and oxygen atoms in total. The fourth-order valence-electron chi connectivity index (χ4n) is 3.38. The SMILES string of the molecule is O=C(NC[C@@H](c1ccc(F)cc1)N1CCOCC1)C(=O)Nc1nc2ccccc2s1. The van der Waals surface area contributed by atoms with Gasteiger partial charge in [0.2, 0.25) is 0 Å². The van der Waals surface area contributed by atoms with E-state index in [2.05, 4.69) is 20.5 Å². The molecule has 1 saturated heterocycles. The second-order valence-electron chi connectivity index (χ2n) is 6.87. The minimum absolute atomic E-state index is 0.186. The Labute approximate surface area is 176 Å².